The molecule has 0 N–H and O–H groups in total. The van der Waals surface area contributed by atoms with Gasteiger partial charge in [-0.15, -0.1) is 0 Å². The lowest BCUT2D eigenvalue weighted by atomic mass is 9.92. The van der Waals surface area contributed by atoms with Crippen molar-refractivity contribution >= 4 is 17.4 Å². The maximum absolute atomic E-state index is 11.8. The fourth-order valence-corrected chi connectivity index (χ4v) is 5.00. The summed E-state index contributed by atoms with van der Waals surface area (Å²) in [5.41, 5.74) is 4.52. The third kappa shape index (κ3) is 5.12. The molecule has 3 aromatic rings. The molecule has 1 aliphatic rings. The van der Waals surface area contributed by atoms with Crippen LogP contribution in [0.5, 0.6) is 0 Å². The zero-order valence-electron chi connectivity index (χ0n) is 19.0. The molecule has 0 saturated carbocycles. The van der Waals surface area contributed by atoms with Gasteiger partial charge in [-0.2, -0.15) is 0 Å². The molecule has 1 fully saturated rings. The van der Waals surface area contributed by atoms with Crippen LogP contribution in [0.4, 0.5) is 0 Å². The van der Waals surface area contributed by atoms with Gasteiger partial charge in [-0.1, -0.05) is 78.3 Å². The zero-order chi connectivity index (χ0) is 22.7. The van der Waals surface area contributed by atoms with Crippen molar-refractivity contribution in [3.05, 3.63) is 106 Å². The quantitative estimate of drug-likeness (QED) is 0.419. The van der Waals surface area contributed by atoms with Crippen molar-refractivity contribution in [2.24, 2.45) is 0 Å². The van der Waals surface area contributed by atoms with E-state index in [9.17, 15) is 4.79 Å². The SMILES string of the molecule is CC(=O)c1ccc(C(c2ccccc2)N2C[C@@H](C)N(Cc3cccc(Cl)c3)C[C@@H]2C)cc1. The number of carbonyl (C=O) groups is 1. The molecule has 1 unspecified atom stereocenters. The van der Waals surface area contributed by atoms with Crippen LogP contribution in [-0.4, -0.2) is 40.8 Å². The van der Waals surface area contributed by atoms with E-state index >= 15 is 0 Å². The zero-order valence-corrected chi connectivity index (χ0v) is 19.8. The van der Waals surface area contributed by atoms with Gasteiger partial charge in [0, 0.05) is 42.3 Å². The van der Waals surface area contributed by atoms with Crippen LogP contribution in [0.2, 0.25) is 5.02 Å². The fourth-order valence-electron chi connectivity index (χ4n) is 4.79. The highest BCUT2D eigenvalue weighted by Gasteiger charge is 2.34. The first-order chi connectivity index (χ1) is 15.4. The van der Waals surface area contributed by atoms with Gasteiger partial charge in [0.2, 0.25) is 0 Å². The van der Waals surface area contributed by atoms with Crippen molar-refractivity contribution in [3.63, 3.8) is 0 Å². The highest BCUT2D eigenvalue weighted by Crippen LogP contribution is 2.34. The molecular weight excluding hydrogens is 416 g/mol. The van der Waals surface area contributed by atoms with Crippen LogP contribution >= 0.6 is 11.6 Å². The normalized spacial score (nSPS) is 20.8. The highest BCUT2D eigenvalue weighted by molar-refractivity contribution is 6.30. The predicted molar refractivity (Wildman–Crippen MR) is 132 cm³/mol. The summed E-state index contributed by atoms with van der Waals surface area (Å²) in [7, 11) is 0. The van der Waals surface area contributed by atoms with Gasteiger partial charge in [-0.3, -0.25) is 14.6 Å². The summed E-state index contributed by atoms with van der Waals surface area (Å²) in [6, 6.07) is 27.9. The van der Waals surface area contributed by atoms with Crippen molar-refractivity contribution in [2.75, 3.05) is 13.1 Å². The van der Waals surface area contributed by atoms with Crippen LogP contribution < -0.4 is 0 Å². The second-order valence-electron chi connectivity index (χ2n) is 8.95. The first kappa shape index (κ1) is 22.7. The third-order valence-electron chi connectivity index (χ3n) is 6.52. The molecule has 1 saturated heterocycles. The van der Waals surface area contributed by atoms with Crippen LogP contribution in [0.25, 0.3) is 0 Å². The Labute approximate surface area is 196 Å². The topological polar surface area (TPSA) is 23.6 Å². The van der Waals surface area contributed by atoms with Crippen molar-refractivity contribution in [1.82, 2.24) is 9.80 Å². The van der Waals surface area contributed by atoms with Crippen molar-refractivity contribution in [2.45, 2.75) is 45.4 Å². The van der Waals surface area contributed by atoms with Gasteiger partial charge in [0.15, 0.2) is 5.78 Å². The Hall–Kier alpha value is -2.46. The second kappa shape index (κ2) is 9.99. The van der Waals surface area contributed by atoms with Crippen LogP contribution in [0.1, 0.15) is 53.9 Å². The summed E-state index contributed by atoms with van der Waals surface area (Å²) in [4.78, 5) is 16.9. The molecule has 0 bridgehead atoms. The summed E-state index contributed by atoms with van der Waals surface area (Å²) in [5.74, 6) is 0.101. The molecule has 3 aromatic carbocycles. The monoisotopic (exact) mass is 446 g/mol. The van der Waals surface area contributed by atoms with E-state index in [1.807, 2.05) is 24.3 Å². The molecule has 0 radical (unpaired) electrons. The lowest BCUT2D eigenvalue weighted by Gasteiger charge is -2.47. The molecule has 0 aliphatic carbocycles. The minimum Gasteiger partial charge on any atom is -0.295 e. The lowest BCUT2D eigenvalue weighted by molar-refractivity contribution is 0.0195. The molecular formula is C28H31ClN2O. The van der Waals surface area contributed by atoms with E-state index in [0.717, 1.165) is 30.2 Å². The molecule has 4 rings (SSSR count). The molecule has 32 heavy (non-hydrogen) atoms. The van der Waals surface area contributed by atoms with Crippen molar-refractivity contribution in [1.29, 1.82) is 0 Å². The molecule has 0 spiro atoms. The Morgan fingerprint density at radius 2 is 1.59 bits per heavy atom. The predicted octanol–water partition coefficient (Wildman–Crippen LogP) is 6.23. The maximum atomic E-state index is 11.8. The van der Waals surface area contributed by atoms with Crippen molar-refractivity contribution in [3.8, 4) is 0 Å². The summed E-state index contributed by atoms with van der Waals surface area (Å²) in [5, 5.41) is 0.792. The number of ketones is 1. The van der Waals surface area contributed by atoms with Crippen LogP contribution in [-0.2, 0) is 6.54 Å². The Morgan fingerprint density at radius 1 is 0.906 bits per heavy atom. The van der Waals surface area contributed by atoms with E-state index in [2.05, 4.69) is 78.2 Å². The van der Waals surface area contributed by atoms with E-state index in [4.69, 9.17) is 11.6 Å². The number of hydrogen-bond donors (Lipinski definition) is 0. The van der Waals surface area contributed by atoms with Gasteiger partial charge in [0.25, 0.3) is 0 Å². The fraction of sp³-hybridized carbons (Fsp3) is 0.321. The Bertz CT molecular complexity index is 1050. The van der Waals surface area contributed by atoms with Crippen LogP contribution in [0.3, 0.4) is 0 Å². The van der Waals surface area contributed by atoms with E-state index in [0.29, 0.717) is 12.1 Å². The molecule has 1 aliphatic heterocycles. The first-order valence-corrected chi connectivity index (χ1v) is 11.7. The highest BCUT2D eigenvalue weighted by atomic mass is 35.5. The number of Topliss-reactive ketones (excluding diaryl/α,β-unsaturated/α-hetero) is 1. The average Bonchev–Trinajstić information content (AvgIpc) is 2.78. The number of hydrogen-bond acceptors (Lipinski definition) is 3. The van der Waals surface area contributed by atoms with Gasteiger partial charge in [-0.05, 0) is 49.6 Å². The average molecular weight is 447 g/mol. The van der Waals surface area contributed by atoms with E-state index in [-0.39, 0.29) is 11.8 Å². The third-order valence-corrected chi connectivity index (χ3v) is 6.75. The molecule has 4 heteroatoms. The number of rotatable bonds is 6. The second-order valence-corrected chi connectivity index (χ2v) is 9.38. The van der Waals surface area contributed by atoms with Crippen LogP contribution in [0, 0.1) is 0 Å². The minimum absolute atomic E-state index is 0.101. The Balaban J connectivity index is 1.60. The molecule has 1 heterocycles. The summed E-state index contributed by atoms with van der Waals surface area (Å²) in [6.07, 6.45) is 0. The molecule has 0 aromatic heterocycles. The summed E-state index contributed by atoms with van der Waals surface area (Å²) < 4.78 is 0. The largest absolute Gasteiger partial charge is 0.295 e. The van der Waals surface area contributed by atoms with Gasteiger partial charge < -0.3 is 0 Å². The van der Waals surface area contributed by atoms with Gasteiger partial charge >= 0.3 is 0 Å². The lowest BCUT2D eigenvalue weighted by Crippen LogP contribution is -2.56. The Kier molecular flexibility index (Phi) is 7.10. The van der Waals surface area contributed by atoms with E-state index in [1.165, 1.54) is 16.7 Å². The van der Waals surface area contributed by atoms with Gasteiger partial charge in [0.1, 0.15) is 0 Å². The number of piperazine rings is 1. The van der Waals surface area contributed by atoms with Gasteiger partial charge in [0.05, 0.1) is 6.04 Å². The Morgan fingerprint density at radius 3 is 2.25 bits per heavy atom. The first-order valence-electron chi connectivity index (χ1n) is 11.3. The maximum Gasteiger partial charge on any atom is 0.159 e. The number of halogens is 1. The summed E-state index contributed by atoms with van der Waals surface area (Å²) in [6.45, 7) is 9.11. The van der Waals surface area contributed by atoms with E-state index < -0.39 is 0 Å². The molecule has 0 amide bonds. The van der Waals surface area contributed by atoms with Crippen LogP contribution in [0.15, 0.2) is 78.9 Å². The minimum atomic E-state index is 0.101. The molecule has 166 valence electrons. The molecule has 3 atom stereocenters. The summed E-state index contributed by atoms with van der Waals surface area (Å²) >= 11 is 6.21. The number of carbonyl (C=O) groups excluding carboxylic acids is 1. The standard InChI is InChI=1S/C28H31ClN2O/c1-20-18-31(21(2)17-30(20)19-23-8-7-11-27(29)16-23)28(25-9-5-4-6-10-25)26-14-12-24(13-15-26)22(3)32/h4-16,20-21,28H,17-19H2,1-3H3/t20-,21+,28?/m1/s1. The molecule has 3 nitrogen and oxygen atoms in total. The number of nitrogens with zero attached hydrogens (tertiary/aromatic N) is 2. The smallest absolute Gasteiger partial charge is 0.159 e. The van der Waals surface area contributed by atoms with Crippen molar-refractivity contribution < 1.29 is 4.79 Å². The van der Waals surface area contributed by atoms with E-state index in [1.54, 1.807) is 6.92 Å². The number of benzene rings is 3. The van der Waals surface area contributed by atoms with Gasteiger partial charge in [-0.25, -0.2) is 0 Å².